The summed E-state index contributed by atoms with van der Waals surface area (Å²) >= 11 is 0. The molecular formula is C18H24N2O4S. The van der Waals surface area contributed by atoms with Crippen LogP contribution in [0.25, 0.3) is 0 Å². The van der Waals surface area contributed by atoms with Crippen LogP contribution in [0.5, 0.6) is 11.5 Å². The second-order valence-electron chi connectivity index (χ2n) is 5.57. The van der Waals surface area contributed by atoms with Crippen LogP contribution in [0.2, 0.25) is 0 Å². The molecule has 7 heteroatoms. The van der Waals surface area contributed by atoms with Crippen molar-refractivity contribution in [3.05, 3.63) is 59.7 Å². The Hall–Kier alpha value is -2.09. The van der Waals surface area contributed by atoms with Gasteiger partial charge in [-0.15, -0.1) is 0 Å². The zero-order valence-corrected chi connectivity index (χ0v) is 15.5. The molecule has 0 saturated carbocycles. The van der Waals surface area contributed by atoms with E-state index in [4.69, 9.17) is 9.47 Å². The maximum absolute atomic E-state index is 12.3. The number of benzene rings is 2. The molecule has 0 saturated heterocycles. The van der Waals surface area contributed by atoms with Crippen LogP contribution in [-0.4, -0.2) is 40.5 Å². The second-order valence-corrected chi connectivity index (χ2v) is 7.43. The van der Waals surface area contributed by atoms with Crippen LogP contribution in [-0.2, 0) is 23.2 Å². The first-order valence-corrected chi connectivity index (χ1v) is 9.36. The molecule has 0 atom stereocenters. The molecule has 0 spiro atoms. The molecular weight excluding hydrogens is 340 g/mol. The monoisotopic (exact) mass is 364 g/mol. The zero-order chi connectivity index (χ0) is 18.3. The summed E-state index contributed by atoms with van der Waals surface area (Å²) in [7, 11) is 1.19. The summed E-state index contributed by atoms with van der Waals surface area (Å²) < 4.78 is 39.0. The fourth-order valence-corrected chi connectivity index (χ4v) is 3.22. The minimum atomic E-state index is -3.53. The van der Waals surface area contributed by atoms with Gasteiger partial charge in [-0.1, -0.05) is 36.4 Å². The Kier molecular flexibility index (Phi) is 6.81. The lowest BCUT2D eigenvalue weighted by atomic mass is 10.1. The molecule has 136 valence electrons. The van der Waals surface area contributed by atoms with Crippen molar-refractivity contribution in [2.24, 2.45) is 0 Å². The highest BCUT2D eigenvalue weighted by molar-refractivity contribution is 7.87. The molecule has 0 unspecified atom stereocenters. The normalized spacial score (nSPS) is 11.5. The Morgan fingerprint density at radius 3 is 2.28 bits per heavy atom. The number of ether oxygens (including phenoxy) is 2. The number of nitrogens with zero attached hydrogens (tertiary/aromatic N) is 1. The van der Waals surface area contributed by atoms with Crippen molar-refractivity contribution in [2.45, 2.75) is 13.0 Å². The topological polar surface area (TPSA) is 67.9 Å². The summed E-state index contributed by atoms with van der Waals surface area (Å²) in [6.45, 7) is 0.628. The number of methoxy groups -OCH3 is 2. The second kappa shape index (κ2) is 8.84. The molecule has 0 aromatic heterocycles. The zero-order valence-electron chi connectivity index (χ0n) is 14.7. The van der Waals surface area contributed by atoms with Crippen LogP contribution < -0.4 is 14.2 Å². The van der Waals surface area contributed by atoms with Crippen molar-refractivity contribution in [1.82, 2.24) is 9.03 Å². The minimum Gasteiger partial charge on any atom is -0.493 e. The molecule has 0 amide bonds. The Bertz CT molecular complexity index is 779. The molecule has 0 radical (unpaired) electrons. The lowest BCUT2D eigenvalue weighted by molar-refractivity contribution is 0.354. The molecule has 25 heavy (non-hydrogen) atoms. The summed E-state index contributed by atoms with van der Waals surface area (Å²) in [6, 6.07) is 15.0. The average Bonchev–Trinajstić information content (AvgIpc) is 2.65. The van der Waals surface area contributed by atoms with E-state index in [2.05, 4.69) is 4.72 Å². The van der Waals surface area contributed by atoms with Crippen LogP contribution in [0.4, 0.5) is 0 Å². The van der Waals surface area contributed by atoms with Gasteiger partial charge in [0, 0.05) is 20.1 Å². The Balaban J connectivity index is 1.93. The van der Waals surface area contributed by atoms with Gasteiger partial charge in [0.05, 0.1) is 14.2 Å². The molecule has 0 bridgehead atoms. The number of hydrogen-bond donors (Lipinski definition) is 1. The molecule has 0 aliphatic heterocycles. The average molecular weight is 364 g/mol. The van der Waals surface area contributed by atoms with E-state index in [1.165, 1.54) is 4.31 Å². The maximum atomic E-state index is 12.3. The van der Waals surface area contributed by atoms with Gasteiger partial charge in [-0.25, -0.2) is 0 Å². The third kappa shape index (κ3) is 5.45. The molecule has 0 heterocycles. The van der Waals surface area contributed by atoms with Crippen molar-refractivity contribution in [1.29, 1.82) is 0 Å². The molecule has 2 aromatic carbocycles. The highest BCUT2D eigenvalue weighted by Gasteiger charge is 2.17. The van der Waals surface area contributed by atoms with E-state index >= 15 is 0 Å². The van der Waals surface area contributed by atoms with Crippen LogP contribution in [0.3, 0.4) is 0 Å². The fraction of sp³-hybridized carbons (Fsp3) is 0.333. The fourth-order valence-electron chi connectivity index (χ4n) is 2.32. The van der Waals surface area contributed by atoms with E-state index in [9.17, 15) is 8.42 Å². The number of hydrogen-bond acceptors (Lipinski definition) is 4. The van der Waals surface area contributed by atoms with Crippen molar-refractivity contribution in [2.75, 3.05) is 27.8 Å². The third-order valence-corrected chi connectivity index (χ3v) is 5.39. The summed E-state index contributed by atoms with van der Waals surface area (Å²) in [5, 5.41) is 0. The first-order chi connectivity index (χ1) is 12.0. The van der Waals surface area contributed by atoms with Gasteiger partial charge in [0.2, 0.25) is 0 Å². The van der Waals surface area contributed by atoms with Crippen molar-refractivity contribution < 1.29 is 17.9 Å². The van der Waals surface area contributed by atoms with Crippen molar-refractivity contribution in [3.63, 3.8) is 0 Å². The Morgan fingerprint density at radius 1 is 0.960 bits per heavy atom. The van der Waals surface area contributed by atoms with Gasteiger partial charge in [-0.2, -0.15) is 17.4 Å². The number of likely N-dealkylation sites (N-methyl/N-ethyl adjacent to an activating group) is 1. The Morgan fingerprint density at radius 2 is 1.64 bits per heavy atom. The van der Waals surface area contributed by atoms with Crippen LogP contribution in [0.1, 0.15) is 11.1 Å². The van der Waals surface area contributed by atoms with Crippen molar-refractivity contribution in [3.8, 4) is 11.5 Å². The van der Waals surface area contributed by atoms with Gasteiger partial charge in [0.1, 0.15) is 0 Å². The van der Waals surface area contributed by atoms with Gasteiger partial charge in [0.25, 0.3) is 10.2 Å². The predicted octanol–water partition coefficient (Wildman–Crippen LogP) is 2.21. The van der Waals surface area contributed by atoms with E-state index in [0.29, 0.717) is 24.5 Å². The molecule has 2 aromatic rings. The SMILES string of the molecule is COc1ccc(CCN(C)S(=O)(=O)NCc2ccccc2)cc1OC. The standard InChI is InChI=1S/C18H24N2O4S/c1-20(25(21,22)19-14-16-7-5-4-6-8-16)12-11-15-9-10-17(23-2)18(13-15)24-3/h4-10,13,19H,11-12,14H2,1-3H3. The third-order valence-electron chi connectivity index (χ3n) is 3.88. The summed E-state index contributed by atoms with van der Waals surface area (Å²) in [4.78, 5) is 0. The lowest BCUT2D eigenvalue weighted by Gasteiger charge is -2.18. The van der Waals surface area contributed by atoms with Crippen LogP contribution in [0, 0.1) is 0 Å². The minimum absolute atomic E-state index is 0.268. The first-order valence-electron chi connectivity index (χ1n) is 7.92. The van der Waals surface area contributed by atoms with Gasteiger partial charge >= 0.3 is 0 Å². The van der Waals surface area contributed by atoms with Gasteiger partial charge in [-0.05, 0) is 29.7 Å². The molecule has 2 rings (SSSR count). The Labute approximate surface area is 149 Å². The molecule has 1 N–H and O–H groups in total. The van der Waals surface area contributed by atoms with E-state index in [-0.39, 0.29) is 6.54 Å². The summed E-state index contributed by atoms with van der Waals surface area (Å²) in [6.07, 6.45) is 0.573. The molecule has 0 fully saturated rings. The van der Waals surface area contributed by atoms with Gasteiger partial charge in [-0.3, -0.25) is 0 Å². The van der Waals surface area contributed by atoms with Crippen molar-refractivity contribution >= 4 is 10.2 Å². The van der Waals surface area contributed by atoms with E-state index in [0.717, 1.165) is 11.1 Å². The summed E-state index contributed by atoms with van der Waals surface area (Å²) in [5.74, 6) is 1.28. The largest absolute Gasteiger partial charge is 0.493 e. The van der Waals surface area contributed by atoms with Gasteiger partial charge in [0.15, 0.2) is 11.5 Å². The smallest absolute Gasteiger partial charge is 0.279 e. The molecule has 6 nitrogen and oxygen atoms in total. The molecule has 0 aliphatic rings. The quantitative estimate of drug-likeness (QED) is 0.741. The van der Waals surface area contributed by atoms with Gasteiger partial charge < -0.3 is 9.47 Å². The van der Waals surface area contributed by atoms with E-state index in [1.807, 2.05) is 48.5 Å². The van der Waals surface area contributed by atoms with E-state index < -0.39 is 10.2 Å². The van der Waals surface area contributed by atoms with Crippen LogP contribution in [0.15, 0.2) is 48.5 Å². The number of rotatable bonds is 9. The predicted molar refractivity (Wildman–Crippen MR) is 98.1 cm³/mol. The lowest BCUT2D eigenvalue weighted by Crippen LogP contribution is -2.38. The highest BCUT2D eigenvalue weighted by Crippen LogP contribution is 2.27. The van der Waals surface area contributed by atoms with Crippen LogP contribution >= 0.6 is 0 Å². The molecule has 0 aliphatic carbocycles. The highest BCUT2D eigenvalue weighted by atomic mass is 32.2. The maximum Gasteiger partial charge on any atom is 0.279 e. The number of nitrogens with one attached hydrogen (secondary N) is 1. The summed E-state index contributed by atoms with van der Waals surface area (Å²) in [5.41, 5.74) is 1.89. The first kappa shape index (κ1) is 19.2. The van der Waals surface area contributed by atoms with E-state index in [1.54, 1.807) is 21.3 Å².